The molecule has 0 aliphatic carbocycles. The number of halogens is 3. The fourth-order valence-corrected chi connectivity index (χ4v) is 2.94. The summed E-state index contributed by atoms with van der Waals surface area (Å²) in [7, 11) is 2.90. The van der Waals surface area contributed by atoms with E-state index in [-0.39, 0.29) is 33.0 Å². The minimum absolute atomic E-state index is 0.145. The van der Waals surface area contributed by atoms with Crippen LogP contribution < -0.4 is 9.47 Å². The number of nitrogens with one attached hydrogen (secondary N) is 1. The van der Waals surface area contributed by atoms with Gasteiger partial charge in [0.2, 0.25) is 5.78 Å². The Balaban J connectivity index is 2.72. The van der Waals surface area contributed by atoms with Crippen LogP contribution in [0.5, 0.6) is 11.5 Å². The van der Waals surface area contributed by atoms with E-state index < -0.39 is 0 Å². The zero-order valence-corrected chi connectivity index (χ0v) is 13.8. The standard InChI is InChI=1S/C14H12Cl3NO3/c1-6-4-8(15)13(21-3)10(12(6)20-2)11(19)7-5-9(16)18-14(7)17/h4-5,18H,1-3H3. The smallest absolute Gasteiger partial charge is 0.203 e. The van der Waals surface area contributed by atoms with E-state index >= 15 is 0 Å². The summed E-state index contributed by atoms with van der Waals surface area (Å²) in [4.78, 5) is 15.4. The van der Waals surface area contributed by atoms with Crippen molar-refractivity contribution in [3.63, 3.8) is 0 Å². The minimum atomic E-state index is -0.387. The number of aryl methyl sites for hydroxylation is 1. The lowest BCUT2D eigenvalue weighted by atomic mass is 10.0. The quantitative estimate of drug-likeness (QED) is 0.826. The van der Waals surface area contributed by atoms with Gasteiger partial charge in [-0.3, -0.25) is 4.79 Å². The lowest BCUT2D eigenvalue weighted by Gasteiger charge is -2.15. The van der Waals surface area contributed by atoms with Crippen molar-refractivity contribution in [2.75, 3.05) is 14.2 Å². The Morgan fingerprint density at radius 1 is 1.10 bits per heavy atom. The maximum Gasteiger partial charge on any atom is 0.203 e. The van der Waals surface area contributed by atoms with E-state index in [0.717, 1.165) is 0 Å². The average molecular weight is 349 g/mol. The van der Waals surface area contributed by atoms with Crippen molar-refractivity contribution in [1.29, 1.82) is 0 Å². The number of rotatable bonds is 4. The largest absolute Gasteiger partial charge is 0.496 e. The van der Waals surface area contributed by atoms with E-state index in [9.17, 15) is 4.79 Å². The SMILES string of the molecule is COc1c(C)cc(Cl)c(OC)c1C(=O)c1cc(Cl)[nH]c1Cl. The third-order valence-corrected chi connectivity index (χ3v) is 3.77. The molecule has 1 aromatic carbocycles. The maximum atomic E-state index is 12.8. The first-order valence-electron chi connectivity index (χ1n) is 5.90. The van der Waals surface area contributed by atoms with Gasteiger partial charge in [-0.05, 0) is 24.6 Å². The number of ketones is 1. The number of H-pyrrole nitrogens is 1. The normalized spacial score (nSPS) is 10.6. The Kier molecular flexibility index (Phi) is 4.71. The molecule has 0 aliphatic heterocycles. The van der Waals surface area contributed by atoms with Gasteiger partial charge in [-0.15, -0.1) is 0 Å². The Bertz CT molecular complexity index is 682. The Morgan fingerprint density at radius 2 is 1.71 bits per heavy atom. The second-order valence-electron chi connectivity index (χ2n) is 4.29. The molecule has 0 aliphatic rings. The molecular weight excluding hydrogens is 337 g/mol. The van der Waals surface area contributed by atoms with Gasteiger partial charge in [0.15, 0.2) is 5.75 Å². The Hall–Kier alpha value is -1.36. The van der Waals surface area contributed by atoms with Crippen LogP contribution in [0.4, 0.5) is 0 Å². The highest BCUT2D eigenvalue weighted by atomic mass is 35.5. The number of benzene rings is 1. The van der Waals surface area contributed by atoms with Gasteiger partial charge in [-0.2, -0.15) is 0 Å². The van der Waals surface area contributed by atoms with Crippen LogP contribution in [0.3, 0.4) is 0 Å². The van der Waals surface area contributed by atoms with E-state index in [2.05, 4.69) is 4.98 Å². The number of aromatic nitrogens is 1. The molecule has 0 unspecified atom stereocenters. The van der Waals surface area contributed by atoms with Gasteiger partial charge in [-0.25, -0.2) is 0 Å². The molecule has 112 valence electrons. The van der Waals surface area contributed by atoms with Gasteiger partial charge < -0.3 is 14.5 Å². The van der Waals surface area contributed by atoms with Crippen LogP contribution >= 0.6 is 34.8 Å². The number of hydrogen-bond acceptors (Lipinski definition) is 3. The van der Waals surface area contributed by atoms with Crippen molar-refractivity contribution >= 4 is 40.6 Å². The lowest BCUT2D eigenvalue weighted by Crippen LogP contribution is -2.08. The first kappa shape index (κ1) is 16.0. The molecule has 1 heterocycles. The lowest BCUT2D eigenvalue weighted by molar-refractivity contribution is 0.103. The van der Waals surface area contributed by atoms with Gasteiger partial charge >= 0.3 is 0 Å². The van der Waals surface area contributed by atoms with Crippen LogP contribution in [0.2, 0.25) is 15.3 Å². The topological polar surface area (TPSA) is 51.3 Å². The molecule has 0 saturated carbocycles. The highest BCUT2D eigenvalue weighted by Gasteiger charge is 2.26. The molecule has 0 radical (unpaired) electrons. The van der Waals surface area contributed by atoms with Crippen LogP contribution in [-0.4, -0.2) is 25.0 Å². The average Bonchev–Trinajstić information content (AvgIpc) is 2.76. The number of methoxy groups -OCH3 is 2. The van der Waals surface area contributed by atoms with Crippen molar-refractivity contribution < 1.29 is 14.3 Å². The molecule has 0 spiro atoms. The molecule has 2 rings (SSSR count). The number of aromatic amines is 1. The molecule has 7 heteroatoms. The number of hydrogen-bond donors (Lipinski definition) is 1. The number of carbonyl (C=O) groups is 1. The number of ether oxygens (including phenoxy) is 2. The van der Waals surface area contributed by atoms with Crippen LogP contribution in [0.1, 0.15) is 21.5 Å². The third-order valence-electron chi connectivity index (χ3n) is 2.99. The predicted octanol–water partition coefficient (Wildman–Crippen LogP) is 4.53. The monoisotopic (exact) mass is 347 g/mol. The molecule has 0 atom stereocenters. The molecule has 1 N–H and O–H groups in total. The van der Waals surface area contributed by atoms with Crippen molar-refractivity contribution in [1.82, 2.24) is 4.98 Å². The fraction of sp³-hybridized carbons (Fsp3) is 0.214. The summed E-state index contributed by atoms with van der Waals surface area (Å²) in [5, 5.41) is 0.726. The van der Waals surface area contributed by atoms with Crippen molar-refractivity contribution in [2.24, 2.45) is 0 Å². The van der Waals surface area contributed by atoms with Crippen LogP contribution in [0, 0.1) is 6.92 Å². The summed E-state index contributed by atoms with van der Waals surface area (Å²) in [5.74, 6) is 0.231. The fourth-order valence-electron chi connectivity index (χ4n) is 2.11. The zero-order valence-electron chi connectivity index (χ0n) is 11.5. The molecular formula is C14H12Cl3NO3. The predicted molar refractivity (Wildman–Crippen MR) is 83.5 cm³/mol. The van der Waals surface area contributed by atoms with Crippen molar-refractivity contribution in [3.05, 3.63) is 44.2 Å². The first-order chi connectivity index (χ1) is 9.90. The van der Waals surface area contributed by atoms with E-state index in [4.69, 9.17) is 44.3 Å². The Labute approximate surface area is 136 Å². The summed E-state index contributed by atoms with van der Waals surface area (Å²) < 4.78 is 10.6. The summed E-state index contributed by atoms with van der Waals surface area (Å²) >= 11 is 18.0. The van der Waals surface area contributed by atoms with Gasteiger partial charge in [-0.1, -0.05) is 34.8 Å². The second kappa shape index (κ2) is 6.18. The van der Waals surface area contributed by atoms with Crippen molar-refractivity contribution in [2.45, 2.75) is 6.92 Å². The van der Waals surface area contributed by atoms with Crippen LogP contribution in [-0.2, 0) is 0 Å². The van der Waals surface area contributed by atoms with Crippen molar-refractivity contribution in [3.8, 4) is 11.5 Å². The summed E-state index contributed by atoms with van der Waals surface area (Å²) in [6.07, 6.45) is 0. The summed E-state index contributed by atoms with van der Waals surface area (Å²) in [5.41, 5.74) is 1.15. The van der Waals surface area contributed by atoms with E-state index in [1.54, 1.807) is 13.0 Å². The van der Waals surface area contributed by atoms with Gasteiger partial charge in [0.25, 0.3) is 0 Å². The molecule has 2 aromatic rings. The summed E-state index contributed by atoms with van der Waals surface area (Å²) in [6, 6.07) is 3.11. The molecule has 0 fully saturated rings. The second-order valence-corrected chi connectivity index (χ2v) is 5.48. The van der Waals surface area contributed by atoms with E-state index in [1.807, 2.05) is 0 Å². The number of carbonyl (C=O) groups excluding carboxylic acids is 1. The highest BCUT2D eigenvalue weighted by molar-refractivity contribution is 6.38. The first-order valence-corrected chi connectivity index (χ1v) is 7.03. The van der Waals surface area contributed by atoms with E-state index in [0.29, 0.717) is 16.3 Å². The Morgan fingerprint density at radius 3 is 2.19 bits per heavy atom. The van der Waals surface area contributed by atoms with Gasteiger partial charge in [0.1, 0.15) is 21.6 Å². The highest BCUT2D eigenvalue weighted by Crippen LogP contribution is 2.40. The molecule has 21 heavy (non-hydrogen) atoms. The third kappa shape index (κ3) is 2.84. The molecule has 0 bridgehead atoms. The zero-order chi connectivity index (χ0) is 15.7. The van der Waals surface area contributed by atoms with Gasteiger partial charge in [0, 0.05) is 0 Å². The maximum absolute atomic E-state index is 12.8. The van der Waals surface area contributed by atoms with Gasteiger partial charge in [0.05, 0.1) is 24.8 Å². The minimum Gasteiger partial charge on any atom is -0.496 e. The van der Waals surface area contributed by atoms with Crippen LogP contribution in [0.25, 0.3) is 0 Å². The summed E-state index contributed by atoms with van der Waals surface area (Å²) in [6.45, 7) is 1.78. The molecule has 4 nitrogen and oxygen atoms in total. The molecule has 1 aromatic heterocycles. The molecule has 0 amide bonds. The van der Waals surface area contributed by atoms with Crippen LogP contribution in [0.15, 0.2) is 12.1 Å². The van der Waals surface area contributed by atoms with E-state index in [1.165, 1.54) is 20.3 Å². The molecule has 0 saturated heterocycles.